The molecule has 3 atom stereocenters. The number of ether oxygens (including phenoxy) is 2. The Morgan fingerprint density at radius 2 is 1.78 bits per heavy atom. The van der Waals surface area contributed by atoms with Crippen molar-refractivity contribution in [3.8, 4) is 0 Å². The molecule has 0 radical (unpaired) electrons. The van der Waals surface area contributed by atoms with Crippen molar-refractivity contribution in [2.24, 2.45) is 11.8 Å². The fraction of sp³-hybridized carbons (Fsp3) is 0.474. The maximum atomic E-state index is 13.2. The fourth-order valence-electron chi connectivity index (χ4n) is 3.43. The van der Waals surface area contributed by atoms with Crippen molar-refractivity contribution in [1.82, 2.24) is 4.31 Å². The van der Waals surface area contributed by atoms with Crippen molar-refractivity contribution in [1.29, 1.82) is 0 Å². The third-order valence-corrected chi connectivity index (χ3v) is 6.80. The smallest absolute Gasteiger partial charge is 0.324 e. The molecule has 1 aliphatic heterocycles. The van der Waals surface area contributed by atoms with E-state index in [9.17, 15) is 18.0 Å². The first-order chi connectivity index (χ1) is 12.6. The quantitative estimate of drug-likeness (QED) is 0.540. The number of aryl methyl sites for hydroxylation is 1. The van der Waals surface area contributed by atoms with Gasteiger partial charge in [0.2, 0.25) is 10.0 Å². The van der Waals surface area contributed by atoms with Gasteiger partial charge in [0.05, 0.1) is 25.5 Å². The van der Waals surface area contributed by atoms with Gasteiger partial charge < -0.3 is 9.47 Å². The minimum atomic E-state index is -3.96. The zero-order chi connectivity index (χ0) is 20.4. The van der Waals surface area contributed by atoms with Crippen LogP contribution in [0.3, 0.4) is 0 Å². The molecule has 1 aliphatic rings. The van der Waals surface area contributed by atoms with E-state index in [1.54, 1.807) is 19.1 Å². The summed E-state index contributed by atoms with van der Waals surface area (Å²) in [5, 5.41) is 0. The predicted octanol–water partition coefficient (Wildman–Crippen LogP) is 1.91. The van der Waals surface area contributed by atoms with Crippen LogP contribution in [-0.2, 0) is 29.1 Å². The summed E-state index contributed by atoms with van der Waals surface area (Å²) in [6, 6.07) is 5.27. The van der Waals surface area contributed by atoms with Crippen LogP contribution in [0.5, 0.6) is 0 Å². The zero-order valence-corrected chi connectivity index (χ0v) is 16.8. The Labute approximate surface area is 160 Å². The lowest BCUT2D eigenvalue weighted by Crippen LogP contribution is -2.44. The Kier molecular flexibility index (Phi) is 6.43. The van der Waals surface area contributed by atoms with Crippen molar-refractivity contribution in [3.05, 3.63) is 42.0 Å². The molecule has 148 valence electrons. The lowest BCUT2D eigenvalue weighted by Gasteiger charge is -2.25. The summed E-state index contributed by atoms with van der Waals surface area (Å²) in [5.74, 6) is -2.20. The topological polar surface area (TPSA) is 90.0 Å². The van der Waals surface area contributed by atoms with Crippen LogP contribution in [0.1, 0.15) is 18.9 Å². The van der Waals surface area contributed by atoms with Gasteiger partial charge in [-0.25, -0.2) is 8.42 Å². The maximum absolute atomic E-state index is 13.2. The van der Waals surface area contributed by atoms with E-state index in [2.05, 4.69) is 6.58 Å². The van der Waals surface area contributed by atoms with Crippen LogP contribution in [0.4, 0.5) is 0 Å². The van der Waals surface area contributed by atoms with Gasteiger partial charge in [0.25, 0.3) is 0 Å². The van der Waals surface area contributed by atoms with E-state index < -0.39 is 33.9 Å². The third-order valence-electron chi connectivity index (χ3n) is 4.94. The Bertz CT molecular complexity index is 830. The molecule has 1 saturated heterocycles. The van der Waals surface area contributed by atoms with Crippen LogP contribution in [0.2, 0.25) is 0 Å². The van der Waals surface area contributed by atoms with E-state index in [4.69, 9.17) is 9.47 Å². The minimum Gasteiger partial charge on any atom is -0.469 e. The average molecular weight is 395 g/mol. The highest BCUT2D eigenvalue weighted by molar-refractivity contribution is 7.89. The molecule has 1 fully saturated rings. The summed E-state index contributed by atoms with van der Waals surface area (Å²) in [6.07, 6.45) is -0.103. The molecule has 0 aliphatic carbocycles. The summed E-state index contributed by atoms with van der Waals surface area (Å²) in [5.41, 5.74) is 1.61. The number of nitrogens with zero attached hydrogens (tertiary/aromatic N) is 1. The molecule has 1 aromatic carbocycles. The van der Waals surface area contributed by atoms with Gasteiger partial charge in [0.15, 0.2) is 0 Å². The SMILES string of the molecule is C=C(C)[C@@H]1CN(S(=O)(=O)c2ccc(C)cc2)[C@H](C(=O)OC)[C@H]1CC(=O)OC. The minimum absolute atomic E-state index is 0.0486. The average Bonchev–Trinajstić information content (AvgIpc) is 3.01. The first kappa shape index (κ1) is 21.1. The molecule has 8 heteroatoms. The van der Waals surface area contributed by atoms with Crippen molar-refractivity contribution in [2.75, 3.05) is 20.8 Å². The van der Waals surface area contributed by atoms with E-state index in [1.165, 1.54) is 26.4 Å². The molecular weight excluding hydrogens is 370 g/mol. The summed E-state index contributed by atoms with van der Waals surface area (Å²) < 4.78 is 37.2. The Hall–Kier alpha value is -2.19. The second-order valence-electron chi connectivity index (χ2n) is 6.75. The van der Waals surface area contributed by atoms with Gasteiger partial charge in [-0.1, -0.05) is 29.8 Å². The first-order valence-corrected chi connectivity index (χ1v) is 9.96. The van der Waals surface area contributed by atoms with Crippen molar-refractivity contribution in [2.45, 2.75) is 31.2 Å². The van der Waals surface area contributed by atoms with Crippen molar-refractivity contribution >= 4 is 22.0 Å². The number of esters is 2. The molecule has 2 rings (SSSR count). The number of hydrogen-bond donors (Lipinski definition) is 0. The number of methoxy groups -OCH3 is 2. The first-order valence-electron chi connectivity index (χ1n) is 8.52. The third kappa shape index (κ3) is 4.22. The summed E-state index contributed by atoms with van der Waals surface area (Å²) >= 11 is 0. The van der Waals surface area contributed by atoms with Crippen LogP contribution < -0.4 is 0 Å². The Morgan fingerprint density at radius 3 is 2.26 bits per heavy atom. The Balaban J connectivity index is 2.52. The van der Waals surface area contributed by atoms with E-state index in [1.807, 2.05) is 6.92 Å². The molecule has 0 saturated carbocycles. The normalized spacial score (nSPS) is 23.0. The number of carbonyl (C=O) groups excluding carboxylic acids is 2. The van der Waals surface area contributed by atoms with E-state index in [0.717, 1.165) is 9.87 Å². The van der Waals surface area contributed by atoms with Gasteiger partial charge in [0.1, 0.15) is 6.04 Å². The van der Waals surface area contributed by atoms with Gasteiger partial charge in [-0.3, -0.25) is 9.59 Å². The van der Waals surface area contributed by atoms with Crippen LogP contribution in [0.15, 0.2) is 41.3 Å². The molecule has 27 heavy (non-hydrogen) atoms. The standard InChI is InChI=1S/C19H25NO6S/c1-12(2)16-11-20(27(23,24)14-8-6-13(3)7-9-14)18(19(22)26-5)15(16)10-17(21)25-4/h6-9,15-16,18H,1,10-11H2,2-5H3/t15-,16-,18-/m0/s1. The highest BCUT2D eigenvalue weighted by atomic mass is 32.2. The molecule has 0 aromatic heterocycles. The highest BCUT2D eigenvalue weighted by Crippen LogP contribution is 2.40. The molecule has 0 amide bonds. The van der Waals surface area contributed by atoms with Gasteiger partial charge >= 0.3 is 11.9 Å². The van der Waals surface area contributed by atoms with E-state index in [-0.39, 0.29) is 23.8 Å². The lowest BCUT2D eigenvalue weighted by molar-refractivity contribution is -0.147. The number of sulfonamides is 1. The van der Waals surface area contributed by atoms with Crippen LogP contribution >= 0.6 is 0 Å². The van der Waals surface area contributed by atoms with Crippen LogP contribution in [0.25, 0.3) is 0 Å². The van der Waals surface area contributed by atoms with Gasteiger partial charge in [-0.2, -0.15) is 4.31 Å². The van der Waals surface area contributed by atoms with Gasteiger partial charge in [-0.05, 0) is 31.9 Å². The van der Waals surface area contributed by atoms with Gasteiger partial charge in [0, 0.05) is 12.5 Å². The maximum Gasteiger partial charge on any atom is 0.324 e. The molecule has 0 bridgehead atoms. The van der Waals surface area contributed by atoms with Crippen LogP contribution in [-0.4, -0.2) is 51.5 Å². The van der Waals surface area contributed by atoms with Crippen molar-refractivity contribution < 1.29 is 27.5 Å². The lowest BCUT2D eigenvalue weighted by atomic mass is 9.84. The van der Waals surface area contributed by atoms with Crippen molar-refractivity contribution in [3.63, 3.8) is 0 Å². The number of hydrogen-bond acceptors (Lipinski definition) is 6. The number of rotatable bonds is 6. The molecular formula is C19H25NO6S. The Morgan fingerprint density at radius 1 is 1.19 bits per heavy atom. The van der Waals surface area contributed by atoms with E-state index >= 15 is 0 Å². The molecule has 0 N–H and O–H groups in total. The number of benzene rings is 1. The summed E-state index contributed by atoms with van der Waals surface area (Å²) in [6.45, 7) is 7.57. The molecule has 1 aromatic rings. The zero-order valence-electron chi connectivity index (χ0n) is 16.0. The predicted molar refractivity (Wildman–Crippen MR) is 99.3 cm³/mol. The highest BCUT2D eigenvalue weighted by Gasteiger charge is 2.52. The fourth-order valence-corrected chi connectivity index (χ4v) is 5.08. The summed E-state index contributed by atoms with van der Waals surface area (Å²) in [4.78, 5) is 24.5. The largest absolute Gasteiger partial charge is 0.469 e. The number of carbonyl (C=O) groups is 2. The molecule has 7 nitrogen and oxygen atoms in total. The monoisotopic (exact) mass is 395 g/mol. The molecule has 0 spiro atoms. The molecule has 1 heterocycles. The summed E-state index contributed by atoms with van der Waals surface area (Å²) in [7, 11) is -1.51. The van der Waals surface area contributed by atoms with Gasteiger partial charge in [-0.15, -0.1) is 0 Å². The molecule has 0 unspecified atom stereocenters. The van der Waals surface area contributed by atoms with E-state index in [0.29, 0.717) is 5.57 Å². The van der Waals surface area contributed by atoms with Crippen LogP contribution in [0, 0.1) is 18.8 Å². The second kappa shape index (κ2) is 8.22. The second-order valence-corrected chi connectivity index (χ2v) is 8.64.